The summed E-state index contributed by atoms with van der Waals surface area (Å²) in [5.41, 5.74) is 1.85. The summed E-state index contributed by atoms with van der Waals surface area (Å²) >= 11 is 0. The third-order valence-corrected chi connectivity index (χ3v) is 2.64. The molecule has 1 aromatic carbocycles. The van der Waals surface area contributed by atoms with Crippen molar-refractivity contribution < 1.29 is 14.6 Å². The third-order valence-electron chi connectivity index (χ3n) is 2.64. The minimum absolute atomic E-state index is 0.229. The lowest BCUT2D eigenvalue weighted by molar-refractivity contribution is -0.141. The van der Waals surface area contributed by atoms with Crippen LogP contribution in [-0.2, 0) is 9.53 Å². The fourth-order valence-electron chi connectivity index (χ4n) is 1.77. The summed E-state index contributed by atoms with van der Waals surface area (Å²) in [6.07, 6.45) is 1.47. The van der Waals surface area contributed by atoms with Gasteiger partial charge >= 0.3 is 5.97 Å². The molecule has 0 aromatic heterocycles. The molecule has 0 radical (unpaired) electrons. The predicted octanol–water partition coefficient (Wildman–Crippen LogP) is 1.52. The van der Waals surface area contributed by atoms with E-state index >= 15 is 0 Å². The van der Waals surface area contributed by atoms with Crippen molar-refractivity contribution in [2.24, 2.45) is 4.99 Å². The molecule has 1 heterocycles. The molecule has 0 amide bonds. The average Bonchev–Trinajstić information content (AvgIpc) is 2.78. The van der Waals surface area contributed by atoms with Crippen molar-refractivity contribution in [3.63, 3.8) is 0 Å². The van der Waals surface area contributed by atoms with E-state index in [2.05, 4.69) is 9.73 Å². The fraction of sp³-hybridized carbons (Fsp3) is 0.333. The number of phenols is 1. The van der Waals surface area contributed by atoms with Gasteiger partial charge in [-0.25, -0.2) is 4.79 Å². The lowest BCUT2D eigenvalue weighted by atomic mass is 10.1. The molecule has 1 aromatic rings. The summed E-state index contributed by atoms with van der Waals surface area (Å²) in [5.74, 6) is -0.0550. The van der Waals surface area contributed by atoms with Crippen LogP contribution < -0.4 is 0 Å². The van der Waals surface area contributed by atoms with E-state index in [4.69, 9.17) is 5.11 Å². The molecule has 16 heavy (non-hydrogen) atoms. The van der Waals surface area contributed by atoms with E-state index in [0.717, 1.165) is 17.7 Å². The first-order valence-corrected chi connectivity index (χ1v) is 5.14. The Morgan fingerprint density at radius 2 is 2.12 bits per heavy atom. The van der Waals surface area contributed by atoms with Gasteiger partial charge in [-0.15, -0.1) is 0 Å². The second kappa shape index (κ2) is 4.35. The van der Waals surface area contributed by atoms with Gasteiger partial charge in [0.15, 0.2) is 0 Å². The Hall–Kier alpha value is -1.84. The maximum absolute atomic E-state index is 11.3. The Morgan fingerprint density at radius 1 is 1.44 bits per heavy atom. The van der Waals surface area contributed by atoms with E-state index in [9.17, 15) is 4.79 Å². The summed E-state index contributed by atoms with van der Waals surface area (Å²) < 4.78 is 4.65. The molecule has 0 aliphatic carbocycles. The van der Waals surface area contributed by atoms with Gasteiger partial charge < -0.3 is 9.84 Å². The summed E-state index contributed by atoms with van der Waals surface area (Å²) in [7, 11) is 1.37. The van der Waals surface area contributed by atoms with Crippen molar-refractivity contribution in [1.82, 2.24) is 0 Å². The van der Waals surface area contributed by atoms with Gasteiger partial charge in [0.1, 0.15) is 11.8 Å². The number of nitrogens with zero attached hydrogens (tertiary/aromatic N) is 1. The van der Waals surface area contributed by atoms with Crippen LogP contribution in [0.4, 0.5) is 0 Å². The van der Waals surface area contributed by atoms with Gasteiger partial charge in [0, 0.05) is 5.71 Å². The number of methoxy groups -OCH3 is 1. The molecule has 0 fully saturated rings. The third kappa shape index (κ3) is 2.05. The average molecular weight is 219 g/mol. The van der Waals surface area contributed by atoms with Crippen LogP contribution in [0.15, 0.2) is 29.3 Å². The molecular formula is C12H13NO3. The first kappa shape index (κ1) is 10.7. The number of hydrogen-bond donors (Lipinski definition) is 1. The topological polar surface area (TPSA) is 58.9 Å². The SMILES string of the molecule is COC(=O)C1CCC(c2ccc(O)cc2)=N1. The van der Waals surface area contributed by atoms with Crippen LogP contribution in [0.25, 0.3) is 0 Å². The number of benzene rings is 1. The lowest BCUT2D eigenvalue weighted by Gasteiger charge is -2.02. The normalized spacial score (nSPS) is 19.3. The number of rotatable bonds is 2. The molecule has 0 saturated heterocycles. The van der Waals surface area contributed by atoms with Crippen LogP contribution in [0.2, 0.25) is 0 Å². The largest absolute Gasteiger partial charge is 0.508 e. The molecule has 1 N–H and O–H groups in total. The van der Waals surface area contributed by atoms with E-state index < -0.39 is 0 Å². The molecule has 1 aliphatic rings. The summed E-state index contributed by atoms with van der Waals surface area (Å²) in [6, 6.07) is 6.46. The van der Waals surface area contributed by atoms with Gasteiger partial charge in [-0.2, -0.15) is 0 Å². The number of ether oxygens (including phenoxy) is 1. The molecule has 4 nitrogen and oxygen atoms in total. The summed E-state index contributed by atoms with van der Waals surface area (Å²) in [6.45, 7) is 0. The van der Waals surface area contributed by atoms with Crippen LogP contribution >= 0.6 is 0 Å². The number of esters is 1. The highest BCUT2D eigenvalue weighted by molar-refractivity contribution is 6.03. The van der Waals surface area contributed by atoms with E-state index in [-0.39, 0.29) is 17.8 Å². The van der Waals surface area contributed by atoms with Crippen LogP contribution in [0, 0.1) is 0 Å². The molecule has 1 atom stereocenters. The number of hydrogen-bond acceptors (Lipinski definition) is 4. The maximum Gasteiger partial charge on any atom is 0.330 e. The Bertz CT molecular complexity index is 422. The highest BCUT2D eigenvalue weighted by atomic mass is 16.5. The lowest BCUT2D eigenvalue weighted by Crippen LogP contribution is -2.16. The van der Waals surface area contributed by atoms with E-state index in [1.54, 1.807) is 24.3 Å². The molecule has 1 aliphatic heterocycles. The molecule has 0 saturated carbocycles. The fourth-order valence-corrected chi connectivity index (χ4v) is 1.77. The predicted molar refractivity (Wildman–Crippen MR) is 59.7 cm³/mol. The van der Waals surface area contributed by atoms with Crippen LogP contribution in [0.5, 0.6) is 5.75 Å². The van der Waals surface area contributed by atoms with Gasteiger partial charge in [-0.1, -0.05) is 0 Å². The van der Waals surface area contributed by atoms with Gasteiger partial charge in [-0.05, 0) is 42.7 Å². The smallest absolute Gasteiger partial charge is 0.330 e. The number of aromatic hydroxyl groups is 1. The van der Waals surface area contributed by atoms with Gasteiger partial charge in [0.05, 0.1) is 7.11 Å². The summed E-state index contributed by atoms with van der Waals surface area (Å²) in [5, 5.41) is 9.16. The zero-order valence-electron chi connectivity index (χ0n) is 9.01. The van der Waals surface area contributed by atoms with Crippen molar-refractivity contribution in [3.8, 4) is 5.75 Å². The number of carbonyl (C=O) groups is 1. The molecule has 1 unspecified atom stereocenters. The monoisotopic (exact) mass is 219 g/mol. The van der Waals surface area contributed by atoms with E-state index in [1.807, 2.05) is 0 Å². The molecular weight excluding hydrogens is 206 g/mol. The zero-order valence-corrected chi connectivity index (χ0v) is 9.01. The molecule has 0 spiro atoms. The highest BCUT2D eigenvalue weighted by Gasteiger charge is 2.25. The highest BCUT2D eigenvalue weighted by Crippen LogP contribution is 2.20. The minimum atomic E-state index is -0.367. The Labute approximate surface area is 93.6 Å². The maximum atomic E-state index is 11.3. The van der Waals surface area contributed by atoms with Crippen molar-refractivity contribution in [2.45, 2.75) is 18.9 Å². The van der Waals surface area contributed by atoms with Gasteiger partial charge in [-0.3, -0.25) is 4.99 Å². The Kier molecular flexibility index (Phi) is 2.90. The quantitative estimate of drug-likeness (QED) is 0.767. The number of aliphatic imine (C=N–C) groups is 1. The standard InChI is InChI=1S/C12H13NO3/c1-16-12(15)11-7-6-10(13-11)8-2-4-9(14)5-3-8/h2-5,11,14H,6-7H2,1H3. The van der Waals surface area contributed by atoms with E-state index in [1.165, 1.54) is 7.11 Å². The van der Waals surface area contributed by atoms with Crippen LogP contribution in [-0.4, -0.2) is 29.9 Å². The van der Waals surface area contributed by atoms with Gasteiger partial charge in [0.25, 0.3) is 0 Å². The molecule has 84 valence electrons. The molecule has 4 heteroatoms. The van der Waals surface area contributed by atoms with Crippen molar-refractivity contribution in [3.05, 3.63) is 29.8 Å². The number of phenolic OH excluding ortho intramolecular Hbond substituents is 1. The zero-order chi connectivity index (χ0) is 11.5. The second-order valence-corrected chi connectivity index (χ2v) is 3.70. The van der Waals surface area contributed by atoms with Crippen molar-refractivity contribution >= 4 is 11.7 Å². The minimum Gasteiger partial charge on any atom is -0.508 e. The molecule has 0 bridgehead atoms. The summed E-state index contributed by atoms with van der Waals surface area (Å²) in [4.78, 5) is 15.6. The second-order valence-electron chi connectivity index (χ2n) is 3.70. The Morgan fingerprint density at radius 3 is 2.75 bits per heavy atom. The molecule has 2 rings (SSSR count). The van der Waals surface area contributed by atoms with Crippen molar-refractivity contribution in [1.29, 1.82) is 0 Å². The van der Waals surface area contributed by atoms with Crippen molar-refractivity contribution in [2.75, 3.05) is 7.11 Å². The van der Waals surface area contributed by atoms with Crippen LogP contribution in [0.3, 0.4) is 0 Å². The first-order chi connectivity index (χ1) is 7.70. The van der Waals surface area contributed by atoms with Gasteiger partial charge in [0.2, 0.25) is 0 Å². The Balaban J connectivity index is 2.17. The first-order valence-electron chi connectivity index (χ1n) is 5.14. The van der Waals surface area contributed by atoms with E-state index in [0.29, 0.717) is 6.42 Å². The number of carbonyl (C=O) groups excluding carboxylic acids is 1. The van der Waals surface area contributed by atoms with Crippen LogP contribution in [0.1, 0.15) is 18.4 Å².